The summed E-state index contributed by atoms with van der Waals surface area (Å²) in [5.41, 5.74) is 0.562. The summed E-state index contributed by atoms with van der Waals surface area (Å²) in [4.78, 5) is 14.4. The summed E-state index contributed by atoms with van der Waals surface area (Å²) in [6.07, 6.45) is 1.59. The number of hydrogen-bond acceptors (Lipinski definition) is 6. The molecule has 1 amide bonds. The number of aliphatic hydroxyl groups excluding tert-OH is 1. The van der Waals surface area contributed by atoms with E-state index in [1.165, 1.54) is 0 Å². The maximum Gasteiger partial charge on any atom is 0.253 e. The number of aromatic nitrogens is 4. The van der Waals surface area contributed by atoms with Crippen LogP contribution in [0.4, 0.5) is 0 Å². The van der Waals surface area contributed by atoms with Crippen LogP contribution in [0.15, 0.2) is 24.3 Å². The average molecular weight is 345 g/mol. The van der Waals surface area contributed by atoms with Gasteiger partial charge in [0.2, 0.25) is 0 Å². The summed E-state index contributed by atoms with van der Waals surface area (Å²) in [5, 5.41) is 30.9. The first-order valence-electron chi connectivity index (χ1n) is 8.45. The second-order valence-electron chi connectivity index (χ2n) is 6.61. The molecule has 1 atom stereocenters. The van der Waals surface area contributed by atoms with Gasteiger partial charge in [-0.1, -0.05) is 12.1 Å². The molecular weight excluding hydrogens is 322 g/mol. The lowest BCUT2D eigenvalue weighted by molar-refractivity contribution is -0.0250. The molecule has 0 radical (unpaired) electrons. The number of nitrogens with zero attached hydrogens (tertiary/aromatic N) is 5. The Labute approximate surface area is 146 Å². The predicted molar refractivity (Wildman–Crippen MR) is 89.9 cm³/mol. The fraction of sp³-hybridized carbons (Fsp3) is 0.529. The van der Waals surface area contributed by atoms with Crippen LogP contribution in [0.1, 0.15) is 41.0 Å². The van der Waals surface area contributed by atoms with Crippen molar-refractivity contribution in [3.8, 4) is 0 Å². The van der Waals surface area contributed by atoms with E-state index in [1.54, 1.807) is 21.7 Å². The van der Waals surface area contributed by atoms with Crippen LogP contribution in [0, 0.1) is 6.92 Å². The summed E-state index contributed by atoms with van der Waals surface area (Å²) in [7, 11) is 0. The quantitative estimate of drug-likeness (QED) is 0.830. The highest BCUT2D eigenvalue weighted by atomic mass is 16.3. The molecule has 0 aliphatic carbocycles. The first-order chi connectivity index (χ1) is 12.0. The Morgan fingerprint density at radius 2 is 2.00 bits per heavy atom. The topological polar surface area (TPSA) is 104 Å². The fourth-order valence-electron chi connectivity index (χ4n) is 3.04. The molecule has 1 aliphatic rings. The van der Waals surface area contributed by atoms with Crippen LogP contribution < -0.4 is 0 Å². The van der Waals surface area contributed by atoms with Crippen molar-refractivity contribution in [2.24, 2.45) is 0 Å². The molecule has 25 heavy (non-hydrogen) atoms. The van der Waals surface area contributed by atoms with Gasteiger partial charge >= 0.3 is 0 Å². The van der Waals surface area contributed by atoms with Crippen LogP contribution in [-0.4, -0.2) is 66.5 Å². The van der Waals surface area contributed by atoms with Gasteiger partial charge < -0.3 is 15.1 Å². The molecule has 0 unspecified atom stereocenters. The van der Waals surface area contributed by atoms with Gasteiger partial charge in [0.15, 0.2) is 0 Å². The summed E-state index contributed by atoms with van der Waals surface area (Å²) in [5.74, 6) is 0.688. The van der Waals surface area contributed by atoms with E-state index in [1.807, 2.05) is 19.1 Å². The molecule has 1 aliphatic heterocycles. The van der Waals surface area contributed by atoms with E-state index in [0.717, 1.165) is 11.4 Å². The van der Waals surface area contributed by atoms with Gasteiger partial charge in [-0.3, -0.25) is 4.79 Å². The molecular formula is C17H23N5O3. The number of benzene rings is 1. The highest BCUT2D eigenvalue weighted by molar-refractivity contribution is 5.94. The minimum atomic E-state index is -1.07. The van der Waals surface area contributed by atoms with Gasteiger partial charge in [0.25, 0.3) is 5.91 Å². The van der Waals surface area contributed by atoms with Crippen LogP contribution in [0.5, 0.6) is 0 Å². The summed E-state index contributed by atoms with van der Waals surface area (Å²) < 4.78 is 1.70. The first-order valence-corrected chi connectivity index (χ1v) is 8.45. The minimum absolute atomic E-state index is 0.0488. The van der Waals surface area contributed by atoms with E-state index >= 15 is 0 Å². The van der Waals surface area contributed by atoms with E-state index < -0.39 is 5.60 Å². The van der Waals surface area contributed by atoms with Crippen molar-refractivity contribution < 1.29 is 15.0 Å². The van der Waals surface area contributed by atoms with Crippen LogP contribution in [0.3, 0.4) is 0 Å². The molecule has 1 aromatic carbocycles. The van der Waals surface area contributed by atoms with Crippen molar-refractivity contribution in [3.63, 3.8) is 0 Å². The Kier molecular flexibility index (Phi) is 5.10. The van der Waals surface area contributed by atoms with Crippen molar-refractivity contribution in [2.75, 3.05) is 19.7 Å². The highest BCUT2D eigenvalue weighted by Crippen LogP contribution is 2.23. The average Bonchev–Trinajstić information content (AvgIpc) is 2.91. The molecule has 0 bridgehead atoms. The molecule has 2 N–H and O–H groups in total. The zero-order valence-electron chi connectivity index (χ0n) is 14.3. The smallest absolute Gasteiger partial charge is 0.253 e. The molecule has 2 heterocycles. The summed E-state index contributed by atoms with van der Waals surface area (Å²) in [6, 6.07) is 7.41. The molecule has 0 spiro atoms. The number of likely N-dealkylation sites (tertiary alicyclic amines) is 1. The fourth-order valence-corrected chi connectivity index (χ4v) is 3.04. The first kappa shape index (κ1) is 17.5. The second-order valence-corrected chi connectivity index (χ2v) is 6.61. The summed E-state index contributed by atoms with van der Waals surface area (Å²) >= 11 is 0. The molecule has 8 heteroatoms. The molecule has 1 saturated heterocycles. The summed E-state index contributed by atoms with van der Waals surface area (Å²) in [6.45, 7) is 3.17. The van der Waals surface area contributed by atoms with Gasteiger partial charge in [-0.05, 0) is 54.3 Å². The lowest BCUT2D eigenvalue weighted by atomic mass is 9.96. The van der Waals surface area contributed by atoms with Crippen molar-refractivity contribution >= 4 is 5.91 Å². The number of amides is 1. The van der Waals surface area contributed by atoms with E-state index in [4.69, 9.17) is 0 Å². The second kappa shape index (κ2) is 7.28. The Hall–Kier alpha value is -2.32. The maximum absolute atomic E-state index is 12.7. The van der Waals surface area contributed by atoms with Crippen molar-refractivity contribution in [3.05, 3.63) is 41.2 Å². The number of tetrazole rings is 1. The third-order valence-electron chi connectivity index (χ3n) is 4.74. The predicted octanol–water partition coefficient (Wildman–Crippen LogP) is 0.379. The maximum atomic E-state index is 12.7. The third kappa shape index (κ3) is 4.02. The van der Waals surface area contributed by atoms with Gasteiger partial charge in [0.1, 0.15) is 5.82 Å². The molecule has 3 rings (SSSR count). The lowest BCUT2D eigenvalue weighted by Gasteiger charge is -2.24. The van der Waals surface area contributed by atoms with E-state index in [-0.39, 0.29) is 12.5 Å². The van der Waals surface area contributed by atoms with Gasteiger partial charge in [-0.15, -0.1) is 5.10 Å². The van der Waals surface area contributed by atoms with Gasteiger partial charge in [0, 0.05) is 18.7 Å². The van der Waals surface area contributed by atoms with Crippen molar-refractivity contribution in [1.82, 2.24) is 25.1 Å². The van der Waals surface area contributed by atoms with Gasteiger partial charge in [-0.2, -0.15) is 0 Å². The number of carbonyl (C=O) groups excluding carboxylic acids is 1. The minimum Gasteiger partial charge on any atom is -0.393 e. The van der Waals surface area contributed by atoms with E-state index in [2.05, 4.69) is 15.5 Å². The Balaban J connectivity index is 1.65. The lowest BCUT2D eigenvalue weighted by Crippen LogP contribution is -2.36. The molecule has 134 valence electrons. The van der Waals surface area contributed by atoms with E-state index in [9.17, 15) is 15.0 Å². The van der Waals surface area contributed by atoms with Crippen LogP contribution >= 0.6 is 0 Å². The van der Waals surface area contributed by atoms with Crippen molar-refractivity contribution in [2.45, 2.75) is 38.3 Å². The SMILES string of the molecule is Cc1nnnn1Cc1ccc(C(=O)N2CCC[C@@](O)(CO)CC2)cc1. The zero-order chi connectivity index (χ0) is 17.9. The number of carbonyl (C=O) groups is 1. The Bertz CT molecular complexity index is 730. The Morgan fingerprint density at radius 3 is 2.64 bits per heavy atom. The molecule has 0 saturated carbocycles. The highest BCUT2D eigenvalue weighted by Gasteiger charge is 2.31. The van der Waals surface area contributed by atoms with Gasteiger partial charge in [0.05, 0.1) is 18.8 Å². The zero-order valence-corrected chi connectivity index (χ0v) is 14.3. The van der Waals surface area contributed by atoms with Crippen LogP contribution in [0.25, 0.3) is 0 Å². The van der Waals surface area contributed by atoms with Crippen LogP contribution in [-0.2, 0) is 6.54 Å². The number of aliphatic hydroxyl groups is 2. The van der Waals surface area contributed by atoms with Crippen molar-refractivity contribution in [1.29, 1.82) is 0 Å². The van der Waals surface area contributed by atoms with Gasteiger partial charge in [-0.25, -0.2) is 4.68 Å². The largest absolute Gasteiger partial charge is 0.393 e. The Morgan fingerprint density at radius 1 is 1.24 bits per heavy atom. The molecule has 1 aromatic heterocycles. The number of hydrogen-bond donors (Lipinski definition) is 2. The molecule has 2 aromatic rings. The monoisotopic (exact) mass is 345 g/mol. The normalized spacial score (nSPS) is 21.2. The standard InChI is InChI=1S/C17H23N5O3/c1-13-18-19-20-22(13)11-14-3-5-15(6-4-14)16(24)21-9-2-7-17(25,12-23)8-10-21/h3-6,23,25H,2,7-12H2,1H3/t17-/m0/s1. The van der Waals surface area contributed by atoms with Crippen LogP contribution in [0.2, 0.25) is 0 Å². The third-order valence-corrected chi connectivity index (χ3v) is 4.74. The molecule has 8 nitrogen and oxygen atoms in total. The number of rotatable bonds is 4. The number of aryl methyl sites for hydroxylation is 1. The molecule has 1 fully saturated rings. The van der Waals surface area contributed by atoms with E-state index in [0.29, 0.717) is 44.5 Å².